The first-order valence-corrected chi connectivity index (χ1v) is 14.6. The minimum absolute atomic E-state index is 0.162. The smallest absolute Gasteiger partial charge is 0.120 e. The van der Waals surface area contributed by atoms with Crippen LogP contribution < -0.4 is 0 Å². The summed E-state index contributed by atoms with van der Waals surface area (Å²) in [6.45, 7) is 4.03. The van der Waals surface area contributed by atoms with E-state index in [1.807, 2.05) is 111 Å². The van der Waals surface area contributed by atoms with Gasteiger partial charge in [0.2, 0.25) is 0 Å². The highest BCUT2D eigenvalue weighted by atomic mass is 16.3. The van der Waals surface area contributed by atoms with Crippen LogP contribution in [0, 0.1) is 0 Å². The molecule has 0 spiro atoms. The quantitative estimate of drug-likeness (QED) is 0.143. The molecule has 0 aliphatic rings. The van der Waals surface area contributed by atoms with Crippen LogP contribution >= 0.6 is 0 Å². The predicted octanol–water partition coefficient (Wildman–Crippen LogP) is 8.88. The fraction of sp³-hybridized carbons (Fsp3) is 0.100. The normalized spacial score (nSPS) is 11.8. The number of phenols is 4. The lowest BCUT2D eigenvalue weighted by molar-refractivity contribution is 0.441. The van der Waals surface area contributed by atoms with Crippen LogP contribution in [0.3, 0.4) is 0 Å². The summed E-state index contributed by atoms with van der Waals surface area (Å²) in [5.74, 6) is 0.648. The largest absolute Gasteiger partial charge is 0.508 e. The highest BCUT2D eigenvalue weighted by Crippen LogP contribution is 2.47. The van der Waals surface area contributed by atoms with Crippen LogP contribution in [0.2, 0.25) is 0 Å². The fourth-order valence-electron chi connectivity index (χ4n) is 6.49. The van der Waals surface area contributed by atoms with Crippen LogP contribution in [0.1, 0.15) is 47.2 Å². The van der Waals surface area contributed by atoms with Gasteiger partial charge in [0.25, 0.3) is 0 Å². The van der Waals surface area contributed by atoms with Gasteiger partial charge in [0.15, 0.2) is 0 Å². The Morgan fingerprint density at radius 2 is 0.545 bits per heavy atom. The second kappa shape index (κ2) is 11.3. The van der Waals surface area contributed by atoms with Crippen molar-refractivity contribution in [3.8, 4) is 34.1 Å². The van der Waals surface area contributed by atoms with E-state index in [1.54, 1.807) is 48.5 Å². The van der Waals surface area contributed by atoms with Gasteiger partial charge in [-0.2, -0.15) is 0 Å². The molecule has 0 bridgehead atoms. The van der Waals surface area contributed by atoms with E-state index in [0.29, 0.717) is 22.3 Å². The summed E-state index contributed by atoms with van der Waals surface area (Å²) in [7, 11) is 0. The van der Waals surface area contributed by atoms with Gasteiger partial charge in [-0.1, -0.05) is 121 Å². The van der Waals surface area contributed by atoms with Crippen molar-refractivity contribution >= 4 is 0 Å². The molecule has 0 heterocycles. The first-order valence-electron chi connectivity index (χ1n) is 14.6. The Morgan fingerprint density at radius 1 is 0.318 bits per heavy atom. The Morgan fingerprint density at radius 3 is 0.773 bits per heavy atom. The molecule has 0 saturated heterocycles. The Kier molecular flexibility index (Phi) is 7.36. The maximum atomic E-state index is 10.9. The highest BCUT2D eigenvalue weighted by molar-refractivity contribution is 5.68. The van der Waals surface area contributed by atoms with Crippen molar-refractivity contribution < 1.29 is 20.4 Å². The SMILES string of the molecule is CC(c1ccc(-c2ccc(C(C)(c3ccccc3O)c3ccccc3O)cc2)cc1)(c1ccccc1O)c1ccccc1O. The lowest BCUT2D eigenvalue weighted by Gasteiger charge is -2.33. The molecule has 0 amide bonds. The van der Waals surface area contributed by atoms with E-state index in [1.165, 1.54) is 0 Å². The van der Waals surface area contributed by atoms with Crippen molar-refractivity contribution in [2.75, 3.05) is 0 Å². The zero-order chi connectivity index (χ0) is 30.9. The van der Waals surface area contributed by atoms with Gasteiger partial charge in [-0.25, -0.2) is 0 Å². The topological polar surface area (TPSA) is 80.9 Å². The fourth-order valence-corrected chi connectivity index (χ4v) is 6.49. The summed E-state index contributed by atoms with van der Waals surface area (Å²) < 4.78 is 0. The zero-order valence-corrected chi connectivity index (χ0v) is 24.6. The number of phenolic OH excluding ortho intramolecular Hbond substituents is 4. The number of hydrogen-bond acceptors (Lipinski definition) is 4. The van der Waals surface area contributed by atoms with Gasteiger partial charge in [0.1, 0.15) is 23.0 Å². The lowest BCUT2D eigenvalue weighted by atomic mass is 9.70. The summed E-state index contributed by atoms with van der Waals surface area (Å²) in [5, 5.41) is 43.5. The summed E-state index contributed by atoms with van der Waals surface area (Å²) in [6, 6.07) is 45.3. The van der Waals surface area contributed by atoms with Crippen LogP contribution in [0.15, 0.2) is 146 Å². The first kappa shape index (κ1) is 28.6. The van der Waals surface area contributed by atoms with Gasteiger partial charge >= 0.3 is 0 Å². The maximum Gasteiger partial charge on any atom is 0.120 e. The van der Waals surface area contributed by atoms with Crippen LogP contribution in [0.25, 0.3) is 11.1 Å². The van der Waals surface area contributed by atoms with E-state index in [2.05, 4.69) is 0 Å². The van der Waals surface area contributed by atoms with Crippen molar-refractivity contribution in [2.24, 2.45) is 0 Å². The minimum Gasteiger partial charge on any atom is -0.508 e. The van der Waals surface area contributed by atoms with Crippen LogP contribution in [0.5, 0.6) is 23.0 Å². The summed E-state index contributed by atoms with van der Waals surface area (Å²) in [6.07, 6.45) is 0. The van der Waals surface area contributed by atoms with Gasteiger partial charge in [-0.3, -0.25) is 0 Å². The zero-order valence-electron chi connectivity index (χ0n) is 24.6. The Hall–Kier alpha value is -5.48. The Balaban J connectivity index is 1.41. The van der Waals surface area contributed by atoms with Crippen molar-refractivity contribution in [3.05, 3.63) is 179 Å². The molecule has 0 aromatic heterocycles. The Labute approximate surface area is 257 Å². The van der Waals surface area contributed by atoms with Crippen molar-refractivity contribution in [1.29, 1.82) is 0 Å². The molecule has 4 N–H and O–H groups in total. The van der Waals surface area contributed by atoms with Gasteiger partial charge in [0.05, 0.1) is 0 Å². The van der Waals surface area contributed by atoms with Crippen LogP contribution in [0.4, 0.5) is 0 Å². The van der Waals surface area contributed by atoms with E-state index in [9.17, 15) is 20.4 Å². The molecule has 0 aliphatic carbocycles. The number of para-hydroxylation sites is 4. The molecule has 0 fully saturated rings. The molecule has 218 valence electrons. The van der Waals surface area contributed by atoms with Gasteiger partial charge in [-0.15, -0.1) is 0 Å². The molecule has 4 heteroatoms. The predicted molar refractivity (Wildman–Crippen MR) is 175 cm³/mol. The van der Waals surface area contributed by atoms with Crippen molar-refractivity contribution in [2.45, 2.75) is 24.7 Å². The number of benzene rings is 6. The number of rotatable bonds is 7. The van der Waals surface area contributed by atoms with Crippen molar-refractivity contribution in [3.63, 3.8) is 0 Å². The number of hydrogen-bond donors (Lipinski definition) is 4. The standard InChI is InChI=1S/C40H34O4/c1-39(31-11-3-7-15-35(31)41,32-12-4-8-16-36(32)42)29-23-19-27(20-24-29)28-21-25-30(26-22-28)40(2,33-13-5-9-17-37(33)43)34-14-6-10-18-38(34)44/h3-26,41-44H,1-2H3. The third-order valence-corrected chi connectivity index (χ3v) is 9.03. The second-order valence-corrected chi connectivity index (χ2v) is 11.5. The third-order valence-electron chi connectivity index (χ3n) is 9.03. The molecule has 4 nitrogen and oxygen atoms in total. The molecule has 6 aromatic carbocycles. The summed E-state index contributed by atoms with van der Waals surface area (Å²) >= 11 is 0. The summed E-state index contributed by atoms with van der Waals surface area (Å²) in [4.78, 5) is 0. The molecule has 0 saturated carbocycles. The molecule has 0 unspecified atom stereocenters. The first-order chi connectivity index (χ1) is 21.2. The van der Waals surface area contributed by atoms with Gasteiger partial charge < -0.3 is 20.4 Å². The Bertz CT molecular complexity index is 1690. The number of aromatic hydroxyl groups is 4. The van der Waals surface area contributed by atoms with E-state index in [0.717, 1.165) is 22.3 Å². The molecule has 6 rings (SSSR count). The van der Waals surface area contributed by atoms with E-state index < -0.39 is 10.8 Å². The molecule has 44 heavy (non-hydrogen) atoms. The maximum absolute atomic E-state index is 10.9. The van der Waals surface area contributed by atoms with Gasteiger partial charge in [-0.05, 0) is 60.4 Å². The monoisotopic (exact) mass is 578 g/mol. The van der Waals surface area contributed by atoms with Crippen LogP contribution in [-0.2, 0) is 10.8 Å². The van der Waals surface area contributed by atoms with Gasteiger partial charge in [0, 0.05) is 33.1 Å². The molecule has 0 atom stereocenters. The lowest BCUT2D eigenvalue weighted by Crippen LogP contribution is -2.25. The molecular weight excluding hydrogens is 544 g/mol. The molecule has 0 radical (unpaired) electrons. The minimum atomic E-state index is -0.809. The average Bonchev–Trinajstić information content (AvgIpc) is 3.05. The van der Waals surface area contributed by atoms with E-state index >= 15 is 0 Å². The van der Waals surface area contributed by atoms with Crippen LogP contribution in [-0.4, -0.2) is 20.4 Å². The summed E-state index contributed by atoms with van der Waals surface area (Å²) in [5.41, 5.74) is 5.04. The van der Waals surface area contributed by atoms with E-state index in [4.69, 9.17) is 0 Å². The van der Waals surface area contributed by atoms with Crippen molar-refractivity contribution in [1.82, 2.24) is 0 Å². The highest BCUT2D eigenvalue weighted by Gasteiger charge is 2.37. The molecule has 6 aromatic rings. The third kappa shape index (κ3) is 4.75. The molecule has 0 aliphatic heterocycles. The van der Waals surface area contributed by atoms with E-state index in [-0.39, 0.29) is 23.0 Å². The second-order valence-electron chi connectivity index (χ2n) is 11.5. The molecular formula is C40H34O4. The average molecular weight is 579 g/mol.